The molecule has 0 saturated carbocycles. The minimum Gasteiger partial charge on any atom is -0.352 e. The van der Waals surface area contributed by atoms with Crippen molar-refractivity contribution < 1.29 is 4.39 Å². The van der Waals surface area contributed by atoms with Crippen LogP contribution in [-0.4, -0.2) is 59.0 Å². The van der Waals surface area contributed by atoms with Crippen LogP contribution in [0.4, 0.5) is 15.9 Å². The Morgan fingerprint density at radius 3 is 2.65 bits per heavy atom. The highest BCUT2D eigenvalue weighted by atomic mass is 35.5. The number of thiocarbonyl (C=S) groups is 1. The standard InChI is InChI=1S/C23H25ClFN7OS/c1-3-31-14-15(13-26-29-23(34)27-17-6-4-16(24)5-7-17)20(33)18-12-19(25)22(28-21(18)31)32-10-8-30(2)9-11-32/h4-7,12-14H,3,8-11H2,1-2H3,(H2,27,29,34)/b26-13+. The van der Waals surface area contributed by atoms with Crippen LogP contribution >= 0.6 is 23.8 Å². The van der Waals surface area contributed by atoms with Crippen LogP contribution in [0.3, 0.4) is 0 Å². The Labute approximate surface area is 207 Å². The number of piperazine rings is 1. The molecule has 3 aromatic rings. The summed E-state index contributed by atoms with van der Waals surface area (Å²) in [5.74, 6) is -0.221. The van der Waals surface area contributed by atoms with E-state index in [1.807, 2.05) is 23.4 Å². The van der Waals surface area contributed by atoms with Gasteiger partial charge in [-0.05, 0) is 56.5 Å². The molecule has 1 saturated heterocycles. The number of fused-ring (bicyclic) bond motifs is 1. The maximum Gasteiger partial charge on any atom is 0.199 e. The van der Waals surface area contributed by atoms with Crippen molar-refractivity contribution in [3.63, 3.8) is 0 Å². The highest BCUT2D eigenvalue weighted by Gasteiger charge is 2.21. The Morgan fingerprint density at radius 2 is 1.97 bits per heavy atom. The normalized spacial score (nSPS) is 14.6. The van der Waals surface area contributed by atoms with Gasteiger partial charge < -0.3 is 19.7 Å². The molecule has 0 amide bonds. The van der Waals surface area contributed by atoms with Crippen molar-refractivity contribution in [1.82, 2.24) is 19.9 Å². The number of nitrogens with zero attached hydrogens (tertiary/aromatic N) is 5. The molecule has 34 heavy (non-hydrogen) atoms. The van der Waals surface area contributed by atoms with E-state index >= 15 is 0 Å². The highest BCUT2D eigenvalue weighted by molar-refractivity contribution is 7.80. The molecular formula is C23H25ClFN7OS. The molecule has 1 aliphatic rings. The molecule has 1 fully saturated rings. The van der Waals surface area contributed by atoms with Crippen molar-refractivity contribution in [2.75, 3.05) is 43.4 Å². The van der Waals surface area contributed by atoms with Gasteiger partial charge in [0, 0.05) is 49.6 Å². The van der Waals surface area contributed by atoms with Gasteiger partial charge in [-0.3, -0.25) is 10.2 Å². The van der Waals surface area contributed by atoms with E-state index in [0.717, 1.165) is 18.8 Å². The zero-order chi connectivity index (χ0) is 24.2. The second-order valence-corrected chi connectivity index (χ2v) is 8.83. The van der Waals surface area contributed by atoms with Gasteiger partial charge in [-0.25, -0.2) is 9.37 Å². The molecule has 0 unspecified atom stereocenters. The van der Waals surface area contributed by atoms with Crippen LogP contribution in [0.5, 0.6) is 0 Å². The lowest BCUT2D eigenvalue weighted by Crippen LogP contribution is -2.45. The lowest BCUT2D eigenvalue weighted by Gasteiger charge is -2.33. The first-order valence-corrected chi connectivity index (χ1v) is 11.7. The van der Waals surface area contributed by atoms with Gasteiger partial charge in [0.15, 0.2) is 22.2 Å². The van der Waals surface area contributed by atoms with Crippen LogP contribution in [0.25, 0.3) is 11.0 Å². The van der Waals surface area contributed by atoms with Crippen LogP contribution in [0.1, 0.15) is 12.5 Å². The fourth-order valence-electron chi connectivity index (χ4n) is 3.72. The van der Waals surface area contributed by atoms with Crippen molar-refractivity contribution in [2.45, 2.75) is 13.5 Å². The number of hydrogen-bond acceptors (Lipinski definition) is 6. The minimum atomic E-state index is -0.502. The molecule has 0 spiro atoms. The third kappa shape index (κ3) is 5.35. The van der Waals surface area contributed by atoms with E-state index in [4.69, 9.17) is 23.8 Å². The fourth-order valence-corrected chi connectivity index (χ4v) is 4.02. The first-order chi connectivity index (χ1) is 16.4. The summed E-state index contributed by atoms with van der Waals surface area (Å²) in [6.45, 7) is 5.52. The van der Waals surface area contributed by atoms with E-state index in [9.17, 15) is 9.18 Å². The summed E-state index contributed by atoms with van der Waals surface area (Å²) in [6.07, 6.45) is 3.04. The first kappa shape index (κ1) is 24.1. The van der Waals surface area contributed by atoms with Crippen LogP contribution in [0.15, 0.2) is 46.4 Å². The molecule has 1 aromatic carbocycles. The molecule has 2 aromatic heterocycles. The Morgan fingerprint density at radius 1 is 1.26 bits per heavy atom. The van der Waals surface area contributed by atoms with Crippen LogP contribution in [0.2, 0.25) is 5.02 Å². The number of pyridine rings is 2. The molecule has 4 rings (SSSR count). The van der Waals surface area contributed by atoms with Gasteiger partial charge in [0.25, 0.3) is 0 Å². The summed E-state index contributed by atoms with van der Waals surface area (Å²) >= 11 is 11.1. The number of aromatic nitrogens is 2. The molecule has 11 heteroatoms. The Hall–Kier alpha value is -3.08. The number of rotatable bonds is 5. The summed E-state index contributed by atoms with van der Waals surface area (Å²) in [5, 5.41) is 8.12. The molecule has 3 heterocycles. The maximum atomic E-state index is 15.0. The molecule has 0 atom stereocenters. The third-order valence-corrected chi connectivity index (χ3v) is 6.07. The SMILES string of the molecule is CCn1cc(/C=N/NC(=S)Nc2ccc(Cl)cc2)c(=O)c2cc(F)c(N3CCN(C)CC3)nc21. The van der Waals surface area contributed by atoms with Gasteiger partial charge in [0.1, 0.15) is 5.65 Å². The molecule has 2 N–H and O–H groups in total. The zero-order valence-electron chi connectivity index (χ0n) is 18.9. The quantitative estimate of drug-likeness (QED) is 0.315. The molecule has 1 aliphatic heterocycles. The lowest BCUT2D eigenvalue weighted by molar-refractivity contribution is 0.311. The van der Waals surface area contributed by atoms with Gasteiger partial charge in [-0.1, -0.05) is 11.6 Å². The number of anilines is 2. The number of hydrogen-bond donors (Lipinski definition) is 2. The predicted molar refractivity (Wildman–Crippen MR) is 140 cm³/mol. The van der Waals surface area contributed by atoms with Gasteiger partial charge >= 0.3 is 0 Å². The van der Waals surface area contributed by atoms with E-state index in [1.165, 1.54) is 12.3 Å². The number of halogens is 2. The van der Waals surface area contributed by atoms with Gasteiger partial charge in [0.2, 0.25) is 0 Å². The van der Waals surface area contributed by atoms with Crippen molar-refractivity contribution in [2.24, 2.45) is 5.10 Å². The first-order valence-electron chi connectivity index (χ1n) is 10.9. The van der Waals surface area contributed by atoms with E-state index < -0.39 is 5.82 Å². The van der Waals surface area contributed by atoms with Gasteiger partial charge in [0.05, 0.1) is 17.2 Å². The Kier molecular flexibility index (Phi) is 7.40. The third-order valence-electron chi connectivity index (χ3n) is 5.63. The molecule has 0 bridgehead atoms. The largest absolute Gasteiger partial charge is 0.352 e. The smallest absolute Gasteiger partial charge is 0.199 e. The maximum absolute atomic E-state index is 15.0. The van der Waals surface area contributed by atoms with Crippen molar-refractivity contribution in [3.05, 3.63) is 63.2 Å². The van der Waals surface area contributed by atoms with Gasteiger partial charge in [-0.15, -0.1) is 0 Å². The van der Waals surface area contributed by atoms with E-state index in [0.29, 0.717) is 35.9 Å². The predicted octanol–water partition coefficient (Wildman–Crippen LogP) is 3.28. The van der Waals surface area contributed by atoms with E-state index in [2.05, 4.69) is 25.7 Å². The fraction of sp³-hybridized carbons (Fsp3) is 0.304. The van der Waals surface area contributed by atoms with Crippen LogP contribution < -0.4 is 21.1 Å². The Balaban J connectivity index is 1.57. The lowest BCUT2D eigenvalue weighted by atomic mass is 10.2. The summed E-state index contributed by atoms with van der Waals surface area (Å²) in [5.41, 5.74) is 3.83. The molecule has 8 nitrogen and oxygen atoms in total. The highest BCUT2D eigenvalue weighted by Crippen LogP contribution is 2.22. The average molecular weight is 502 g/mol. The Bertz CT molecular complexity index is 1290. The van der Waals surface area contributed by atoms with Crippen molar-refractivity contribution in [3.8, 4) is 0 Å². The summed E-state index contributed by atoms with van der Waals surface area (Å²) in [4.78, 5) is 21.7. The zero-order valence-corrected chi connectivity index (χ0v) is 20.5. The molecular weight excluding hydrogens is 477 g/mol. The van der Waals surface area contributed by atoms with E-state index in [1.54, 1.807) is 30.5 Å². The van der Waals surface area contributed by atoms with Gasteiger partial charge in [-0.2, -0.15) is 5.10 Å². The van der Waals surface area contributed by atoms with Crippen molar-refractivity contribution >= 4 is 57.7 Å². The molecule has 178 valence electrons. The summed E-state index contributed by atoms with van der Waals surface area (Å²) in [6, 6.07) is 8.31. The number of nitrogens with one attached hydrogen (secondary N) is 2. The van der Waals surface area contributed by atoms with E-state index in [-0.39, 0.29) is 21.7 Å². The topological polar surface area (TPSA) is 77.8 Å². The number of benzene rings is 1. The molecule has 0 aliphatic carbocycles. The number of aryl methyl sites for hydroxylation is 1. The number of hydrazone groups is 1. The van der Waals surface area contributed by atoms with Crippen molar-refractivity contribution in [1.29, 1.82) is 0 Å². The molecule has 0 radical (unpaired) electrons. The van der Waals surface area contributed by atoms with Crippen LogP contribution in [0, 0.1) is 5.82 Å². The second-order valence-electron chi connectivity index (χ2n) is 7.99. The summed E-state index contributed by atoms with van der Waals surface area (Å²) in [7, 11) is 2.04. The second kappa shape index (κ2) is 10.5. The van der Waals surface area contributed by atoms with Crippen LogP contribution in [-0.2, 0) is 6.54 Å². The monoisotopic (exact) mass is 501 g/mol. The minimum absolute atomic E-state index is 0.211. The average Bonchev–Trinajstić information content (AvgIpc) is 2.82. The number of likely N-dealkylation sites (N-methyl/N-ethyl adjacent to an activating group) is 1. The summed E-state index contributed by atoms with van der Waals surface area (Å²) < 4.78 is 16.8.